The topological polar surface area (TPSA) is 81.4 Å². The molecular weight excluding hydrogens is 359 g/mol. The molecule has 26 heavy (non-hydrogen) atoms. The Kier molecular flexibility index (Phi) is 5.15. The van der Waals surface area contributed by atoms with E-state index in [0.717, 1.165) is 11.3 Å². The maximum absolute atomic E-state index is 13.8. The number of benzene rings is 1. The number of aliphatic hydroxyl groups is 1. The normalized spacial score (nSPS) is 12.3. The van der Waals surface area contributed by atoms with Crippen molar-refractivity contribution in [2.45, 2.75) is 26.5 Å². The van der Waals surface area contributed by atoms with Crippen molar-refractivity contribution >= 4 is 27.5 Å². The molecule has 1 N–H and O–H groups in total. The second-order valence-corrected chi connectivity index (χ2v) is 6.70. The number of carbonyl (C=O) groups is 1. The third-order valence-electron chi connectivity index (χ3n) is 4.01. The minimum absolute atomic E-state index is 0.105. The van der Waals surface area contributed by atoms with Crippen LogP contribution in [-0.2, 0) is 11.3 Å². The molecule has 136 valence electrons. The van der Waals surface area contributed by atoms with Gasteiger partial charge in [-0.25, -0.2) is 14.2 Å². The third kappa shape index (κ3) is 3.25. The van der Waals surface area contributed by atoms with E-state index in [0.29, 0.717) is 20.7 Å². The molecule has 2 aromatic heterocycles. The Balaban J connectivity index is 1.99. The van der Waals surface area contributed by atoms with Gasteiger partial charge in [-0.1, -0.05) is 18.2 Å². The summed E-state index contributed by atoms with van der Waals surface area (Å²) in [6.07, 6.45) is 0.0937. The van der Waals surface area contributed by atoms with Crippen molar-refractivity contribution in [2.75, 3.05) is 6.61 Å². The van der Waals surface area contributed by atoms with E-state index >= 15 is 0 Å². The average Bonchev–Trinajstić information content (AvgIpc) is 2.95. The molecule has 0 aliphatic rings. The van der Waals surface area contributed by atoms with Crippen LogP contribution in [0.4, 0.5) is 4.39 Å². The second-order valence-electron chi connectivity index (χ2n) is 5.70. The number of carbonyl (C=O) groups excluding carboxylic acids is 1. The van der Waals surface area contributed by atoms with Crippen LogP contribution in [0.2, 0.25) is 0 Å². The fourth-order valence-electron chi connectivity index (χ4n) is 2.71. The summed E-state index contributed by atoms with van der Waals surface area (Å²) in [6.45, 7) is 3.45. The molecule has 0 unspecified atom stereocenters. The molecule has 1 aromatic carbocycles. The van der Waals surface area contributed by atoms with Crippen molar-refractivity contribution < 1.29 is 19.0 Å². The van der Waals surface area contributed by atoms with Gasteiger partial charge in [0.25, 0.3) is 5.56 Å². The van der Waals surface area contributed by atoms with E-state index in [4.69, 9.17) is 4.74 Å². The van der Waals surface area contributed by atoms with Gasteiger partial charge in [0.1, 0.15) is 15.5 Å². The zero-order chi connectivity index (χ0) is 18.8. The molecule has 0 saturated heterocycles. The summed E-state index contributed by atoms with van der Waals surface area (Å²) in [5.74, 6) is -1.04. The van der Waals surface area contributed by atoms with Crippen LogP contribution in [0.1, 0.15) is 33.8 Å². The van der Waals surface area contributed by atoms with E-state index in [9.17, 15) is 19.1 Å². The minimum Gasteiger partial charge on any atom is -0.462 e. The number of aromatic nitrogens is 2. The molecule has 2 heterocycles. The first-order chi connectivity index (χ1) is 12.4. The smallest absolute Gasteiger partial charge is 0.348 e. The van der Waals surface area contributed by atoms with Gasteiger partial charge in [-0.15, -0.1) is 11.3 Å². The predicted octanol–water partition coefficient (Wildman–Crippen LogP) is 2.82. The molecule has 3 rings (SSSR count). The first-order valence-electron chi connectivity index (χ1n) is 8.02. The number of thiophene rings is 1. The summed E-state index contributed by atoms with van der Waals surface area (Å²) in [5, 5.41) is 10.6. The molecule has 1 atom stereocenters. The Hall–Kier alpha value is -2.58. The molecule has 0 fully saturated rings. The fourth-order valence-corrected chi connectivity index (χ4v) is 3.74. The molecule has 0 aliphatic heterocycles. The van der Waals surface area contributed by atoms with Gasteiger partial charge in [-0.05, 0) is 25.5 Å². The minimum atomic E-state index is -1.20. The van der Waals surface area contributed by atoms with E-state index in [-0.39, 0.29) is 18.7 Å². The maximum atomic E-state index is 13.8. The molecule has 6 nitrogen and oxygen atoms in total. The lowest BCUT2D eigenvalue weighted by atomic mass is 10.1. The van der Waals surface area contributed by atoms with Crippen molar-refractivity contribution in [1.29, 1.82) is 0 Å². The number of rotatable bonds is 5. The number of aryl methyl sites for hydroxylation is 1. The third-order valence-corrected chi connectivity index (χ3v) is 5.19. The molecule has 0 aliphatic carbocycles. The number of hydrogen-bond donors (Lipinski definition) is 1. The Morgan fingerprint density at radius 1 is 1.42 bits per heavy atom. The van der Waals surface area contributed by atoms with Crippen molar-refractivity contribution in [1.82, 2.24) is 9.55 Å². The van der Waals surface area contributed by atoms with Crippen LogP contribution in [0.25, 0.3) is 10.2 Å². The quantitative estimate of drug-likeness (QED) is 0.693. The van der Waals surface area contributed by atoms with Crippen LogP contribution < -0.4 is 5.56 Å². The maximum Gasteiger partial charge on any atom is 0.348 e. The molecule has 0 spiro atoms. The van der Waals surface area contributed by atoms with Crippen LogP contribution in [0, 0.1) is 12.7 Å². The first-order valence-corrected chi connectivity index (χ1v) is 8.83. The average molecular weight is 376 g/mol. The van der Waals surface area contributed by atoms with Crippen LogP contribution in [0.5, 0.6) is 0 Å². The first kappa shape index (κ1) is 18.2. The highest BCUT2D eigenvalue weighted by molar-refractivity contribution is 7.20. The van der Waals surface area contributed by atoms with E-state index in [1.54, 1.807) is 19.9 Å². The standard InChI is InChI=1S/C18H17FN2O4S/c1-3-25-18(24)15-10(2)14-16(26-15)20-9-21(17(14)23)8-13(22)11-6-4-5-7-12(11)19/h4-7,9,13,22H,3,8H2,1-2H3/t13-/m1/s1. The fraction of sp³-hybridized carbons (Fsp3) is 0.278. The largest absolute Gasteiger partial charge is 0.462 e. The van der Waals surface area contributed by atoms with Crippen LogP contribution in [-0.4, -0.2) is 27.2 Å². The van der Waals surface area contributed by atoms with E-state index in [1.165, 1.54) is 29.1 Å². The van der Waals surface area contributed by atoms with Gasteiger partial charge in [-0.2, -0.15) is 0 Å². The van der Waals surface area contributed by atoms with Crippen molar-refractivity contribution in [2.24, 2.45) is 0 Å². The molecule has 0 amide bonds. The van der Waals surface area contributed by atoms with Gasteiger partial charge in [0.05, 0.1) is 31.0 Å². The zero-order valence-corrected chi connectivity index (χ0v) is 15.0. The highest BCUT2D eigenvalue weighted by Crippen LogP contribution is 2.27. The SMILES string of the molecule is CCOC(=O)c1sc2ncn(C[C@@H](O)c3ccccc3F)c(=O)c2c1C. The number of halogens is 1. The number of ether oxygens (including phenoxy) is 1. The molecule has 0 saturated carbocycles. The van der Waals surface area contributed by atoms with E-state index in [1.807, 2.05) is 0 Å². The monoisotopic (exact) mass is 376 g/mol. The summed E-state index contributed by atoms with van der Waals surface area (Å²) in [6, 6.07) is 5.85. The highest BCUT2D eigenvalue weighted by atomic mass is 32.1. The lowest BCUT2D eigenvalue weighted by Gasteiger charge is -2.13. The summed E-state index contributed by atoms with van der Waals surface area (Å²) >= 11 is 1.09. The lowest BCUT2D eigenvalue weighted by Crippen LogP contribution is -2.24. The van der Waals surface area contributed by atoms with Crippen molar-refractivity contribution in [3.63, 3.8) is 0 Å². The summed E-state index contributed by atoms with van der Waals surface area (Å²) in [7, 11) is 0. The molecular formula is C18H17FN2O4S. The highest BCUT2D eigenvalue weighted by Gasteiger charge is 2.21. The summed E-state index contributed by atoms with van der Waals surface area (Å²) in [4.78, 5) is 29.7. The van der Waals surface area contributed by atoms with Gasteiger partial charge in [0, 0.05) is 5.56 Å². The number of aliphatic hydroxyl groups excluding tert-OH is 1. The Morgan fingerprint density at radius 3 is 2.85 bits per heavy atom. The number of hydrogen-bond acceptors (Lipinski definition) is 6. The van der Waals surface area contributed by atoms with Crippen molar-refractivity contribution in [3.05, 3.63) is 62.8 Å². The van der Waals surface area contributed by atoms with E-state index in [2.05, 4.69) is 4.98 Å². The number of nitrogens with zero attached hydrogens (tertiary/aromatic N) is 2. The molecule has 8 heteroatoms. The summed E-state index contributed by atoms with van der Waals surface area (Å²) in [5.41, 5.74) is 0.208. The van der Waals surface area contributed by atoms with Gasteiger partial charge < -0.3 is 9.84 Å². The summed E-state index contributed by atoms with van der Waals surface area (Å²) < 4.78 is 20.0. The zero-order valence-electron chi connectivity index (χ0n) is 14.2. The number of fused-ring (bicyclic) bond motifs is 1. The van der Waals surface area contributed by atoms with E-state index < -0.39 is 23.4 Å². The van der Waals surface area contributed by atoms with Crippen LogP contribution in [0.3, 0.4) is 0 Å². The lowest BCUT2D eigenvalue weighted by molar-refractivity contribution is 0.0531. The van der Waals surface area contributed by atoms with Crippen molar-refractivity contribution in [3.8, 4) is 0 Å². The Bertz CT molecular complexity index is 1030. The van der Waals surface area contributed by atoms with Gasteiger partial charge in [0.2, 0.25) is 0 Å². The van der Waals surface area contributed by atoms with Crippen LogP contribution in [0.15, 0.2) is 35.4 Å². The van der Waals surface area contributed by atoms with Crippen LogP contribution >= 0.6 is 11.3 Å². The van der Waals surface area contributed by atoms with Gasteiger partial charge in [-0.3, -0.25) is 9.36 Å². The van der Waals surface area contributed by atoms with Gasteiger partial charge >= 0.3 is 5.97 Å². The Morgan fingerprint density at radius 2 is 2.15 bits per heavy atom. The molecule has 0 radical (unpaired) electrons. The number of esters is 1. The molecule has 0 bridgehead atoms. The predicted molar refractivity (Wildman–Crippen MR) is 95.9 cm³/mol. The van der Waals surface area contributed by atoms with Gasteiger partial charge in [0.15, 0.2) is 0 Å². The Labute approximate surface area is 152 Å². The molecule has 3 aromatic rings. The second kappa shape index (κ2) is 7.35.